The van der Waals surface area contributed by atoms with Crippen LogP contribution in [-0.4, -0.2) is 14.1 Å². The molecular formula is C72H47N3. The van der Waals surface area contributed by atoms with Crippen molar-refractivity contribution in [1.82, 2.24) is 14.1 Å². The van der Waals surface area contributed by atoms with Gasteiger partial charge < -0.3 is 14.1 Å². The van der Waals surface area contributed by atoms with Crippen LogP contribution in [0.15, 0.2) is 279 Å². The number of fused-ring (bicyclic) bond motifs is 9. The Bertz CT molecular complexity index is 4150. The standard InChI is InChI=1S/C72H47N3/c1-5-13-47(14-6-1)55-27-37-69-63(43-55)64-44-56(48-15-7-2-8-16-48)28-38-70(64)74(69)59-31-21-51(22-32-59)53-25-35-67-61(41-53)62-42-54(26-36-68(62)73-67)52-23-33-60(34-24-52)75-71-39-29-57(49-17-9-3-10-18-49)45-65(71)66-46-58(30-40-72(66)75)50-19-11-4-12-20-50/h1-46,73H. The molecule has 0 radical (unpaired) electrons. The van der Waals surface area contributed by atoms with E-state index in [0.717, 1.165) is 22.4 Å². The van der Waals surface area contributed by atoms with Gasteiger partial charge in [-0.05, 0) is 164 Å². The van der Waals surface area contributed by atoms with Gasteiger partial charge in [-0.15, -0.1) is 0 Å². The number of aromatic amines is 1. The lowest BCUT2D eigenvalue weighted by molar-refractivity contribution is 1.18. The molecule has 0 bridgehead atoms. The number of hydrogen-bond acceptors (Lipinski definition) is 0. The second-order valence-corrected chi connectivity index (χ2v) is 19.8. The summed E-state index contributed by atoms with van der Waals surface area (Å²) in [5, 5.41) is 7.40. The summed E-state index contributed by atoms with van der Waals surface area (Å²) in [5.41, 5.74) is 23.7. The second kappa shape index (κ2) is 17.4. The van der Waals surface area contributed by atoms with E-state index in [2.05, 4.69) is 293 Å². The van der Waals surface area contributed by atoms with E-state index in [1.807, 2.05) is 0 Å². The zero-order chi connectivity index (χ0) is 49.4. The molecular weight excluding hydrogens is 907 g/mol. The molecule has 15 aromatic rings. The van der Waals surface area contributed by atoms with E-state index in [0.29, 0.717) is 0 Å². The van der Waals surface area contributed by atoms with Crippen LogP contribution < -0.4 is 0 Å². The maximum Gasteiger partial charge on any atom is 0.0541 e. The summed E-state index contributed by atoms with van der Waals surface area (Å²) in [6, 6.07) is 102. The average Bonchev–Trinajstić information content (AvgIpc) is 4.14. The molecule has 0 aliphatic heterocycles. The van der Waals surface area contributed by atoms with Crippen molar-refractivity contribution in [3.8, 4) is 78.1 Å². The summed E-state index contributed by atoms with van der Waals surface area (Å²) < 4.78 is 4.84. The van der Waals surface area contributed by atoms with Gasteiger partial charge in [0.15, 0.2) is 0 Å². The lowest BCUT2D eigenvalue weighted by Crippen LogP contribution is -1.94. The number of benzene rings is 12. The summed E-state index contributed by atoms with van der Waals surface area (Å²) in [7, 11) is 0. The van der Waals surface area contributed by atoms with Gasteiger partial charge in [0, 0.05) is 54.7 Å². The molecule has 75 heavy (non-hydrogen) atoms. The minimum Gasteiger partial charge on any atom is -0.355 e. The molecule has 3 aromatic heterocycles. The number of hydrogen-bond donors (Lipinski definition) is 1. The Balaban J connectivity index is 0.771. The van der Waals surface area contributed by atoms with Crippen LogP contribution in [0, 0.1) is 0 Å². The van der Waals surface area contributed by atoms with E-state index >= 15 is 0 Å². The zero-order valence-electron chi connectivity index (χ0n) is 41.0. The first kappa shape index (κ1) is 42.7. The van der Waals surface area contributed by atoms with E-state index in [-0.39, 0.29) is 0 Å². The maximum atomic E-state index is 3.71. The highest BCUT2D eigenvalue weighted by Gasteiger charge is 2.18. The molecule has 0 aliphatic rings. The van der Waals surface area contributed by atoms with E-state index in [1.54, 1.807) is 0 Å². The van der Waals surface area contributed by atoms with Crippen molar-refractivity contribution in [2.24, 2.45) is 0 Å². The summed E-state index contributed by atoms with van der Waals surface area (Å²) in [4.78, 5) is 3.71. The Labute approximate surface area is 434 Å². The Morgan fingerprint density at radius 1 is 0.187 bits per heavy atom. The Kier molecular flexibility index (Phi) is 9.89. The quantitative estimate of drug-likeness (QED) is 0.157. The minimum atomic E-state index is 1.13. The second-order valence-electron chi connectivity index (χ2n) is 19.8. The molecule has 3 heteroatoms. The highest BCUT2D eigenvalue weighted by Crippen LogP contribution is 2.41. The van der Waals surface area contributed by atoms with Gasteiger partial charge in [-0.25, -0.2) is 0 Å². The molecule has 0 fully saturated rings. The first-order valence-corrected chi connectivity index (χ1v) is 25.8. The Morgan fingerprint density at radius 2 is 0.413 bits per heavy atom. The van der Waals surface area contributed by atoms with Gasteiger partial charge in [0.25, 0.3) is 0 Å². The zero-order valence-corrected chi connectivity index (χ0v) is 41.0. The number of nitrogens with one attached hydrogen (secondary N) is 1. The highest BCUT2D eigenvalue weighted by atomic mass is 15.0. The number of H-pyrrole nitrogens is 1. The van der Waals surface area contributed by atoms with Gasteiger partial charge in [0.2, 0.25) is 0 Å². The van der Waals surface area contributed by atoms with Crippen LogP contribution >= 0.6 is 0 Å². The highest BCUT2D eigenvalue weighted by molar-refractivity contribution is 6.14. The third-order valence-electron chi connectivity index (χ3n) is 15.5. The Morgan fingerprint density at radius 3 is 0.693 bits per heavy atom. The van der Waals surface area contributed by atoms with Gasteiger partial charge in [0.05, 0.1) is 22.1 Å². The molecule has 0 spiro atoms. The molecule has 15 rings (SSSR count). The normalized spacial score (nSPS) is 11.7. The molecule has 3 heterocycles. The van der Waals surface area contributed by atoms with Crippen LogP contribution in [0.3, 0.4) is 0 Å². The van der Waals surface area contributed by atoms with Gasteiger partial charge >= 0.3 is 0 Å². The van der Waals surface area contributed by atoms with E-state index in [4.69, 9.17) is 0 Å². The van der Waals surface area contributed by atoms with Crippen molar-refractivity contribution >= 4 is 65.4 Å². The molecule has 350 valence electrons. The van der Waals surface area contributed by atoms with Gasteiger partial charge in [0.1, 0.15) is 0 Å². The predicted octanol–water partition coefficient (Wildman–Crippen LogP) is 19.5. The fourth-order valence-corrected chi connectivity index (χ4v) is 11.7. The van der Waals surface area contributed by atoms with Gasteiger partial charge in [-0.1, -0.05) is 182 Å². The first-order chi connectivity index (χ1) is 37.1. The van der Waals surface area contributed by atoms with Gasteiger partial charge in [-0.3, -0.25) is 0 Å². The molecule has 0 atom stereocenters. The summed E-state index contributed by atoms with van der Waals surface area (Å²) >= 11 is 0. The van der Waals surface area contributed by atoms with Crippen molar-refractivity contribution in [1.29, 1.82) is 0 Å². The van der Waals surface area contributed by atoms with Gasteiger partial charge in [-0.2, -0.15) is 0 Å². The predicted molar refractivity (Wildman–Crippen MR) is 317 cm³/mol. The lowest BCUT2D eigenvalue weighted by atomic mass is 10.00. The van der Waals surface area contributed by atoms with Crippen molar-refractivity contribution in [2.75, 3.05) is 0 Å². The third-order valence-corrected chi connectivity index (χ3v) is 15.5. The summed E-state index contributed by atoms with van der Waals surface area (Å²) in [6.07, 6.45) is 0. The van der Waals surface area contributed by atoms with Crippen LogP contribution in [0.25, 0.3) is 144 Å². The summed E-state index contributed by atoms with van der Waals surface area (Å²) in [5.74, 6) is 0. The molecule has 0 aliphatic carbocycles. The number of nitrogens with zero attached hydrogens (tertiary/aromatic N) is 2. The molecule has 0 amide bonds. The third kappa shape index (κ3) is 7.28. The van der Waals surface area contributed by atoms with Crippen molar-refractivity contribution in [3.05, 3.63) is 279 Å². The number of rotatable bonds is 8. The van der Waals surface area contributed by atoms with E-state index in [9.17, 15) is 0 Å². The smallest absolute Gasteiger partial charge is 0.0541 e. The van der Waals surface area contributed by atoms with Crippen LogP contribution in [0.1, 0.15) is 0 Å². The van der Waals surface area contributed by atoms with Crippen molar-refractivity contribution < 1.29 is 0 Å². The van der Waals surface area contributed by atoms with E-state index in [1.165, 1.54) is 121 Å². The molecule has 0 saturated carbocycles. The maximum absolute atomic E-state index is 3.71. The molecule has 3 nitrogen and oxygen atoms in total. The first-order valence-electron chi connectivity index (χ1n) is 25.8. The molecule has 0 unspecified atom stereocenters. The fraction of sp³-hybridized carbons (Fsp3) is 0. The fourth-order valence-electron chi connectivity index (χ4n) is 11.7. The van der Waals surface area contributed by atoms with Crippen LogP contribution in [0.5, 0.6) is 0 Å². The van der Waals surface area contributed by atoms with Crippen LogP contribution in [0.2, 0.25) is 0 Å². The molecule has 0 saturated heterocycles. The minimum absolute atomic E-state index is 1.13. The monoisotopic (exact) mass is 953 g/mol. The largest absolute Gasteiger partial charge is 0.355 e. The van der Waals surface area contributed by atoms with Crippen LogP contribution in [0.4, 0.5) is 0 Å². The average molecular weight is 954 g/mol. The van der Waals surface area contributed by atoms with Crippen LogP contribution in [-0.2, 0) is 0 Å². The summed E-state index contributed by atoms with van der Waals surface area (Å²) in [6.45, 7) is 0. The lowest BCUT2D eigenvalue weighted by Gasteiger charge is -2.11. The topological polar surface area (TPSA) is 25.6 Å². The van der Waals surface area contributed by atoms with Crippen molar-refractivity contribution in [2.45, 2.75) is 0 Å². The SMILES string of the molecule is c1ccc(-c2ccc3c(c2)c2cc(-c4ccccc4)ccc2n3-c2ccc(-c3ccc4[nH]c5ccc(-c6ccc(-n7c8ccc(-c9ccccc9)cc8c8cc(-c9ccccc9)ccc87)cc6)cc5c4c3)cc2)cc1. The number of aromatic nitrogens is 3. The molecule has 12 aromatic carbocycles. The van der Waals surface area contributed by atoms with E-state index < -0.39 is 0 Å². The molecule has 1 N–H and O–H groups in total. The van der Waals surface area contributed by atoms with Crippen molar-refractivity contribution in [3.63, 3.8) is 0 Å². The Hall–Kier alpha value is -9.96.